The lowest BCUT2D eigenvalue weighted by Crippen LogP contribution is -2.07. The van der Waals surface area contributed by atoms with Crippen molar-refractivity contribution in [1.82, 2.24) is 9.78 Å². The molecule has 3 aromatic carbocycles. The van der Waals surface area contributed by atoms with Gasteiger partial charge >= 0.3 is 0 Å². The van der Waals surface area contributed by atoms with Crippen LogP contribution in [0.1, 0.15) is 35.2 Å². The van der Waals surface area contributed by atoms with Gasteiger partial charge in [-0.05, 0) is 60.7 Å². The average molecular weight is 444 g/mol. The van der Waals surface area contributed by atoms with Crippen molar-refractivity contribution >= 4 is 17.4 Å². The third-order valence-corrected chi connectivity index (χ3v) is 6.23. The summed E-state index contributed by atoms with van der Waals surface area (Å²) < 4.78 is 7.99. The molecule has 0 saturated heterocycles. The third-order valence-electron chi connectivity index (χ3n) is 5.86. The van der Waals surface area contributed by atoms with Crippen LogP contribution in [0.3, 0.4) is 0 Å². The predicted molar refractivity (Wildman–Crippen MR) is 130 cm³/mol. The quantitative estimate of drug-likeness (QED) is 0.372. The Kier molecular flexibility index (Phi) is 6.13. The van der Waals surface area contributed by atoms with Gasteiger partial charge in [0.15, 0.2) is 0 Å². The molecule has 1 aliphatic heterocycles. The van der Waals surface area contributed by atoms with Crippen LogP contribution < -0.4 is 10.1 Å². The van der Waals surface area contributed by atoms with Crippen LogP contribution in [0.5, 0.6) is 5.75 Å². The topological polar surface area (TPSA) is 39.1 Å². The second kappa shape index (κ2) is 9.49. The maximum atomic E-state index is 6.44. The first-order valence-corrected chi connectivity index (χ1v) is 11.5. The summed E-state index contributed by atoms with van der Waals surface area (Å²) >= 11 is 6.44. The molecule has 4 nitrogen and oxygen atoms in total. The predicted octanol–water partition coefficient (Wildman–Crippen LogP) is 6.44. The molecule has 1 aliphatic rings. The fourth-order valence-electron chi connectivity index (χ4n) is 4.15. The van der Waals surface area contributed by atoms with E-state index in [1.165, 1.54) is 5.56 Å². The molecule has 0 radical (unpaired) electrons. The molecule has 0 atom stereocenters. The fourth-order valence-corrected chi connectivity index (χ4v) is 4.35. The van der Waals surface area contributed by atoms with E-state index in [1.54, 1.807) is 0 Å². The van der Waals surface area contributed by atoms with Gasteiger partial charge in [0.05, 0.1) is 11.4 Å². The van der Waals surface area contributed by atoms with Crippen molar-refractivity contribution < 1.29 is 4.74 Å². The minimum atomic E-state index is 0.556. The molecule has 32 heavy (non-hydrogen) atoms. The number of rotatable bonds is 6. The molecule has 0 aliphatic carbocycles. The molecule has 1 N–H and O–H groups in total. The van der Waals surface area contributed by atoms with Crippen LogP contribution in [0.4, 0.5) is 5.82 Å². The minimum absolute atomic E-state index is 0.556. The van der Waals surface area contributed by atoms with Crippen molar-refractivity contribution in [2.75, 3.05) is 11.9 Å². The first-order chi connectivity index (χ1) is 15.8. The second-order valence-electron chi connectivity index (χ2n) is 8.11. The van der Waals surface area contributed by atoms with Gasteiger partial charge in [-0.15, -0.1) is 0 Å². The Morgan fingerprint density at radius 3 is 2.50 bits per heavy atom. The Morgan fingerprint density at radius 1 is 0.906 bits per heavy atom. The Hall–Kier alpha value is -3.24. The van der Waals surface area contributed by atoms with E-state index >= 15 is 0 Å². The molecule has 0 fully saturated rings. The van der Waals surface area contributed by atoms with E-state index in [4.69, 9.17) is 21.4 Å². The summed E-state index contributed by atoms with van der Waals surface area (Å²) in [7, 11) is 0. The molecule has 162 valence electrons. The van der Waals surface area contributed by atoms with E-state index in [2.05, 4.69) is 35.6 Å². The van der Waals surface area contributed by atoms with Crippen LogP contribution in [-0.2, 0) is 19.4 Å². The molecule has 1 aromatic heterocycles. The Bertz CT molecular complexity index is 1190. The summed E-state index contributed by atoms with van der Waals surface area (Å²) in [6.45, 7) is 1.52. The van der Waals surface area contributed by atoms with Crippen LogP contribution in [0.15, 0.2) is 78.9 Å². The van der Waals surface area contributed by atoms with E-state index in [0.717, 1.165) is 71.3 Å². The highest BCUT2D eigenvalue weighted by atomic mass is 35.5. The van der Waals surface area contributed by atoms with Crippen molar-refractivity contribution in [3.05, 3.63) is 106 Å². The molecule has 0 saturated carbocycles. The van der Waals surface area contributed by atoms with Crippen molar-refractivity contribution in [3.8, 4) is 11.4 Å². The molecular formula is C27H26ClN3O. The van der Waals surface area contributed by atoms with Gasteiger partial charge < -0.3 is 10.1 Å². The van der Waals surface area contributed by atoms with Crippen LogP contribution >= 0.6 is 11.6 Å². The van der Waals surface area contributed by atoms with Gasteiger partial charge in [-0.2, -0.15) is 5.10 Å². The maximum Gasteiger partial charge on any atom is 0.133 e. The summed E-state index contributed by atoms with van der Waals surface area (Å²) in [5.41, 5.74) is 5.67. The SMILES string of the molecule is Clc1ccccc1Cc1nn(-c2ccc(OCc3ccccc3)cc2)c2c1CCCCN2. The highest BCUT2D eigenvalue weighted by Crippen LogP contribution is 2.31. The van der Waals surface area contributed by atoms with Gasteiger partial charge in [-0.25, -0.2) is 4.68 Å². The number of fused-ring (bicyclic) bond motifs is 1. The van der Waals surface area contributed by atoms with Gasteiger partial charge in [0.1, 0.15) is 18.2 Å². The summed E-state index contributed by atoms with van der Waals surface area (Å²) in [4.78, 5) is 0. The van der Waals surface area contributed by atoms with Crippen LogP contribution in [-0.4, -0.2) is 16.3 Å². The third kappa shape index (κ3) is 4.51. The number of hydrogen-bond acceptors (Lipinski definition) is 3. The number of benzene rings is 3. The lowest BCUT2D eigenvalue weighted by molar-refractivity contribution is 0.306. The maximum absolute atomic E-state index is 6.44. The molecule has 4 aromatic rings. The Balaban J connectivity index is 1.41. The molecule has 5 heteroatoms. The lowest BCUT2D eigenvalue weighted by atomic mass is 10.0. The van der Waals surface area contributed by atoms with Gasteiger partial charge in [0, 0.05) is 23.6 Å². The fraction of sp³-hybridized carbons (Fsp3) is 0.222. The standard InChI is InChI=1S/C27H26ClN3O/c28-25-12-5-4-10-21(25)18-26-24-11-6-7-17-29-27(24)31(30-26)22-13-15-23(16-14-22)32-19-20-8-2-1-3-9-20/h1-5,8-10,12-16,29H,6-7,11,17-19H2. The zero-order valence-electron chi connectivity index (χ0n) is 17.9. The smallest absolute Gasteiger partial charge is 0.133 e. The summed E-state index contributed by atoms with van der Waals surface area (Å²) in [6.07, 6.45) is 4.08. The zero-order chi connectivity index (χ0) is 21.8. The molecule has 5 rings (SSSR count). The average Bonchev–Trinajstić information content (AvgIpc) is 3.00. The summed E-state index contributed by atoms with van der Waals surface area (Å²) in [5, 5.41) is 9.42. The molecular weight excluding hydrogens is 418 g/mol. The van der Waals surface area contributed by atoms with E-state index in [0.29, 0.717) is 6.61 Å². The Labute approximate surface area is 193 Å². The number of nitrogens with zero attached hydrogens (tertiary/aromatic N) is 2. The van der Waals surface area contributed by atoms with Gasteiger partial charge in [0.2, 0.25) is 0 Å². The number of halogens is 1. The Morgan fingerprint density at radius 2 is 1.69 bits per heavy atom. The van der Waals surface area contributed by atoms with Gasteiger partial charge in [-0.1, -0.05) is 60.1 Å². The monoisotopic (exact) mass is 443 g/mol. The lowest BCUT2D eigenvalue weighted by Gasteiger charge is -2.11. The molecule has 0 amide bonds. The van der Waals surface area contributed by atoms with Crippen LogP contribution in [0.2, 0.25) is 5.02 Å². The number of anilines is 1. The summed E-state index contributed by atoms with van der Waals surface area (Å²) in [6, 6.07) is 26.4. The second-order valence-corrected chi connectivity index (χ2v) is 8.51. The van der Waals surface area contributed by atoms with Crippen LogP contribution in [0, 0.1) is 0 Å². The molecule has 0 bridgehead atoms. The van der Waals surface area contributed by atoms with Crippen molar-refractivity contribution in [2.24, 2.45) is 0 Å². The highest BCUT2D eigenvalue weighted by molar-refractivity contribution is 6.31. The van der Waals surface area contributed by atoms with Gasteiger partial charge in [-0.3, -0.25) is 0 Å². The first kappa shape index (κ1) is 20.7. The van der Waals surface area contributed by atoms with E-state index < -0.39 is 0 Å². The highest BCUT2D eigenvalue weighted by Gasteiger charge is 2.21. The summed E-state index contributed by atoms with van der Waals surface area (Å²) in [5.74, 6) is 1.95. The van der Waals surface area contributed by atoms with Gasteiger partial charge in [0.25, 0.3) is 0 Å². The van der Waals surface area contributed by atoms with Crippen molar-refractivity contribution in [1.29, 1.82) is 0 Å². The number of hydrogen-bond donors (Lipinski definition) is 1. The largest absolute Gasteiger partial charge is 0.489 e. The molecule has 0 unspecified atom stereocenters. The number of ether oxygens (including phenoxy) is 1. The molecule has 0 spiro atoms. The minimum Gasteiger partial charge on any atom is -0.489 e. The number of nitrogens with one attached hydrogen (secondary N) is 1. The van der Waals surface area contributed by atoms with E-state index in [1.807, 2.05) is 53.2 Å². The van der Waals surface area contributed by atoms with Crippen molar-refractivity contribution in [2.45, 2.75) is 32.3 Å². The van der Waals surface area contributed by atoms with Crippen molar-refractivity contribution in [3.63, 3.8) is 0 Å². The van der Waals surface area contributed by atoms with E-state index in [9.17, 15) is 0 Å². The first-order valence-electron chi connectivity index (χ1n) is 11.1. The number of aromatic nitrogens is 2. The normalized spacial score (nSPS) is 13.2. The van der Waals surface area contributed by atoms with E-state index in [-0.39, 0.29) is 0 Å². The molecule has 2 heterocycles. The van der Waals surface area contributed by atoms with Crippen LogP contribution in [0.25, 0.3) is 5.69 Å². The zero-order valence-corrected chi connectivity index (χ0v) is 18.7.